The number of piperazine rings is 1. The molecular weight excluding hydrogens is 443 g/mol. The Morgan fingerprint density at radius 3 is 2.40 bits per heavy atom. The molecule has 1 aliphatic heterocycles. The fourth-order valence-electron chi connectivity index (χ4n) is 5.27. The van der Waals surface area contributed by atoms with Crippen molar-refractivity contribution in [3.05, 3.63) is 69.7 Å². The first kappa shape index (κ1) is 24.8. The van der Waals surface area contributed by atoms with Crippen LogP contribution in [0.25, 0.3) is 15.9 Å². The molecule has 0 bridgehead atoms. The molecule has 0 spiro atoms. The second-order valence-corrected chi connectivity index (χ2v) is 9.26. The lowest BCUT2D eigenvalue weighted by atomic mass is 9.93. The predicted octanol–water partition coefficient (Wildman–Crippen LogP) is 5.24. The first-order chi connectivity index (χ1) is 16.9. The minimum absolute atomic E-state index is 0.124. The molecule has 0 radical (unpaired) electrons. The van der Waals surface area contributed by atoms with E-state index >= 15 is 0 Å². The van der Waals surface area contributed by atoms with Crippen molar-refractivity contribution in [2.45, 2.75) is 64.6 Å². The number of nitrogens with zero attached hydrogens (tertiary/aromatic N) is 6. The molecule has 1 aromatic carbocycles. The smallest absolute Gasteiger partial charge is 0.350 e. The fourth-order valence-corrected chi connectivity index (χ4v) is 5.27. The van der Waals surface area contributed by atoms with Crippen molar-refractivity contribution in [2.24, 2.45) is 7.05 Å². The van der Waals surface area contributed by atoms with Crippen LogP contribution in [0.15, 0.2) is 41.2 Å². The summed E-state index contributed by atoms with van der Waals surface area (Å²) in [5.41, 5.74) is 2.07. The van der Waals surface area contributed by atoms with Gasteiger partial charge in [0.25, 0.3) is 5.82 Å². The summed E-state index contributed by atoms with van der Waals surface area (Å²) in [4.78, 5) is 30.1. The molecule has 1 aliphatic rings. The van der Waals surface area contributed by atoms with E-state index < -0.39 is 0 Å². The number of hydrogen-bond acceptors (Lipinski definition) is 5. The van der Waals surface area contributed by atoms with Crippen LogP contribution >= 0.6 is 0 Å². The zero-order valence-electron chi connectivity index (χ0n) is 20.9. The van der Waals surface area contributed by atoms with Crippen molar-refractivity contribution in [3.63, 3.8) is 0 Å². The molecule has 0 amide bonds. The largest absolute Gasteiger partial charge is 0.361 e. The van der Waals surface area contributed by atoms with Crippen molar-refractivity contribution in [3.8, 4) is 0 Å². The monoisotopic (exact) mass is 476 g/mol. The van der Waals surface area contributed by atoms with Crippen molar-refractivity contribution in [2.75, 3.05) is 18.0 Å². The summed E-state index contributed by atoms with van der Waals surface area (Å²) in [5.74, 6) is 0.631. The highest BCUT2D eigenvalue weighted by Gasteiger charge is 2.38. The van der Waals surface area contributed by atoms with Gasteiger partial charge in [-0.1, -0.05) is 45.9 Å². The van der Waals surface area contributed by atoms with Gasteiger partial charge >= 0.3 is 5.69 Å². The lowest BCUT2D eigenvalue weighted by Gasteiger charge is -2.49. The molecule has 3 aromatic rings. The minimum atomic E-state index is -0.328. The Morgan fingerprint density at radius 2 is 1.77 bits per heavy atom. The number of fused-ring (bicyclic) bond motifs is 1. The van der Waals surface area contributed by atoms with Crippen molar-refractivity contribution in [1.82, 2.24) is 19.4 Å². The molecule has 184 valence electrons. The van der Waals surface area contributed by atoms with E-state index in [-0.39, 0.29) is 35.5 Å². The van der Waals surface area contributed by atoms with E-state index in [1.165, 1.54) is 4.57 Å². The Morgan fingerprint density at radius 1 is 1.06 bits per heavy atom. The highest BCUT2D eigenvalue weighted by atomic mass is 19.1. The van der Waals surface area contributed by atoms with Gasteiger partial charge < -0.3 is 9.74 Å². The summed E-state index contributed by atoms with van der Waals surface area (Å²) in [6.45, 7) is 15.4. The SMILES string of the molecule is [C-]#[N+]c1ccc2c(n1)c(N1C[C@@H](CC)N([C@@H](CCC)c3ccc(F)cc3)C[C@@H]1CC)nc(=O)n2C. The van der Waals surface area contributed by atoms with E-state index in [1.807, 2.05) is 12.1 Å². The predicted molar refractivity (Wildman–Crippen MR) is 137 cm³/mol. The Bertz CT molecular complexity index is 1280. The Labute approximate surface area is 206 Å². The molecule has 0 unspecified atom stereocenters. The van der Waals surface area contributed by atoms with Crippen LogP contribution in [0.2, 0.25) is 0 Å². The third-order valence-corrected chi connectivity index (χ3v) is 7.21. The van der Waals surface area contributed by atoms with Crippen LogP contribution in [0.5, 0.6) is 0 Å². The van der Waals surface area contributed by atoms with Crippen molar-refractivity contribution < 1.29 is 4.39 Å². The van der Waals surface area contributed by atoms with Gasteiger partial charge in [-0.3, -0.25) is 9.47 Å². The Balaban J connectivity index is 1.77. The second kappa shape index (κ2) is 10.5. The molecule has 35 heavy (non-hydrogen) atoms. The first-order valence-electron chi connectivity index (χ1n) is 12.4. The zero-order valence-corrected chi connectivity index (χ0v) is 20.9. The fraction of sp³-hybridized carbons (Fsp3) is 0.481. The van der Waals surface area contributed by atoms with E-state index in [0.29, 0.717) is 23.4 Å². The normalized spacial score (nSPS) is 19.6. The van der Waals surface area contributed by atoms with Crippen LogP contribution in [0.3, 0.4) is 0 Å². The van der Waals surface area contributed by atoms with Crippen molar-refractivity contribution >= 4 is 22.7 Å². The van der Waals surface area contributed by atoms with Crippen LogP contribution in [0.4, 0.5) is 16.0 Å². The molecule has 0 saturated carbocycles. The third-order valence-electron chi connectivity index (χ3n) is 7.21. The third kappa shape index (κ3) is 4.78. The summed E-state index contributed by atoms with van der Waals surface area (Å²) in [6.07, 6.45) is 3.81. The lowest BCUT2D eigenvalue weighted by Crippen LogP contribution is -2.59. The molecule has 4 rings (SSSR count). The van der Waals surface area contributed by atoms with Gasteiger partial charge in [-0.05, 0) is 49.1 Å². The standard InChI is InChI=1S/C27H33FN6O/c1-6-9-22(18-10-12-19(28)13-11-18)33-16-21(8-3)34(17-20(33)7-2)26-25-23(32(5)27(35)31-26)14-15-24(29-4)30-25/h10-15,20-22H,6-9,16-17H2,1-3,5H3/t20-,21+,22+/m1/s1. The average Bonchev–Trinajstić information content (AvgIpc) is 2.89. The molecule has 7 nitrogen and oxygen atoms in total. The number of halogens is 1. The maximum atomic E-state index is 13.6. The van der Waals surface area contributed by atoms with Crippen LogP contribution in [0.1, 0.15) is 58.1 Å². The number of hydrogen-bond donors (Lipinski definition) is 0. The second-order valence-electron chi connectivity index (χ2n) is 9.26. The van der Waals surface area contributed by atoms with E-state index in [9.17, 15) is 9.18 Å². The summed E-state index contributed by atoms with van der Waals surface area (Å²) in [6, 6.07) is 10.9. The topological polar surface area (TPSA) is 58.6 Å². The number of aromatic nitrogens is 3. The molecule has 0 aliphatic carbocycles. The number of benzene rings is 1. The van der Waals surface area contributed by atoms with Crippen molar-refractivity contribution in [1.29, 1.82) is 0 Å². The maximum absolute atomic E-state index is 13.6. The quantitative estimate of drug-likeness (QED) is 0.437. The molecule has 1 saturated heterocycles. The van der Waals surface area contributed by atoms with Gasteiger partial charge in [0, 0.05) is 38.3 Å². The minimum Gasteiger partial charge on any atom is -0.361 e. The van der Waals surface area contributed by atoms with E-state index in [4.69, 9.17) is 6.57 Å². The molecule has 0 N–H and O–H groups in total. The van der Waals surface area contributed by atoms with Gasteiger partial charge in [0.1, 0.15) is 5.82 Å². The zero-order chi connectivity index (χ0) is 25.1. The van der Waals surface area contributed by atoms with Crippen LogP contribution < -0.4 is 10.6 Å². The van der Waals surface area contributed by atoms with Gasteiger partial charge in [-0.25, -0.2) is 9.18 Å². The van der Waals surface area contributed by atoms with Gasteiger partial charge in [0.05, 0.1) is 5.52 Å². The molecule has 3 heterocycles. The van der Waals surface area contributed by atoms with Gasteiger partial charge in [0.15, 0.2) is 5.82 Å². The molecule has 3 atom stereocenters. The van der Waals surface area contributed by atoms with E-state index in [0.717, 1.165) is 37.8 Å². The summed E-state index contributed by atoms with van der Waals surface area (Å²) >= 11 is 0. The van der Waals surface area contributed by atoms with Crippen LogP contribution in [0, 0.1) is 12.4 Å². The molecule has 2 aromatic heterocycles. The number of anilines is 1. The highest BCUT2D eigenvalue weighted by Crippen LogP contribution is 2.35. The van der Waals surface area contributed by atoms with E-state index in [2.05, 4.69) is 45.4 Å². The first-order valence-corrected chi connectivity index (χ1v) is 12.4. The number of rotatable bonds is 7. The van der Waals surface area contributed by atoms with E-state index in [1.54, 1.807) is 31.3 Å². The summed E-state index contributed by atoms with van der Waals surface area (Å²) in [7, 11) is 1.68. The highest BCUT2D eigenvalue weighted by molar-refractivity contribution is 5.87. The van der Waals surface area contributed by atoms with Crippen LogP contribution in [-0.4, -0.2) is 44.6 Å². The number of aryl methyl sites for hydroxylation is 1. The van der Waals surface area contributed by atoms with Crippen LogP contribution in [-0.2, 0) is 7.05 Å². The van der Waals surface area contributed by atoms with Gasteiger partial charge in [-0.2, -0.15) is 4.98 Å². The lowest BCUT2D eigenvalue weighted by molar-refractivity contribution is 0.0865. The van der Waals surface area contributed by atoms with Gasteiger partial charge in [-0.15, -0.1) is 4.98 Å². The van der Waals surface area contributed by atoms with Gasteiger partial charge in [0.2, 0.25) is 5.52 Å². The summed E-state index contributed by atoms with van der Waals surface area (Å²) < 4.78 is 15.1. The Hall–Kier alpha value is -3.31. The molecule has 1 fully saturated rings. The Kier molecular flexibility index (Phi) is 7.46. The number of pyridine rings is 1. The maximum Gasteiger partial charge on any atom is 0.350 e. The average molecular weight is 477 g/mol. The summed E-state index contributed by atoms with van der Waals surface area (Å²) in [5, 5.41) is 0. The molecule has 8 heteroatoms. The molecular formula is C27H33FN6O.